The Bertz CT molecular complexity index is 644. The second-order valence-corrected chi connectivity index (χ2v) is 7.58. The van der Waals surface area contributed by atoms with Gasteiger partial charge in [0.05, 0.1) is 0 Å². The molecule has 1 aromatic rings. The lowest BCUT2D eigenvalue weighted by atomic mass is 9.98. The van der Waals surface area contributed by atoms with Gasteiger partial charge in [-0.3, -0.25) is 14.5 Å². The predicted octanol–water partition coefficient (Wildman–Crippen LogP) is 1.30. The van der Waals surface area contributed by atoms with Crippen molar-refractivity contribution < 1.29 is 9.59 Å². The van der Waals surface area contributed by atoms with E-state index < -0.39 is 6.04 Å². The highest BCUT2D eigenvalue weighted by atomic mass is 35.5. The maximum absolute atomic E-state index is 12.8. The van der Waals surface area contributed by atoms with Gasteiger partial charge in [0.25, 0.3) is 0 Å². The first-order chi connectivity index (χ1) is 11.6. The molecule has 1 aliphatic carbocycles. The lowest BCUT2D eigenvalue weighted by Gasteiger charge is -2.45. The zero-order valence-electron chi connectivity index (χ0n) is 13.6. The molecule has 3 fully saturated rings. The molecule has 3 aliphatic rings. The standard InChI is InChI=1S/C18H22ClN3O2/c19-14-5-3-12(4-6-14)9-15-18(24)22-8-7-21(10-13-1-2-13)11-16(22)17(23)20-15/h3-6,13,15-16H,1-2,7-11H2,(H,20,23)/t15-,16+/m0/s1. The summed E-state index contributed by atoms with van der Waals surface area (Å²) < 4.78 is 0. The quantitative estimate of drug-likeness (QED) is 0.893. The summed E-state index contributed by atoms with van der Waals surface area (Å²) in [4.78, 5) is 29.4. The maximum atomic E-state index is 12.8. The van der Waals surface area contributed by atoms with E-state index >= 15 is 0 Å². The molecule has 2 saturated heterocycles. The molecule has 128 valence electrons. The first-order valence-corrected chi connectivity index (χ1v) is 9.05. The number of benzene rings is 1. The van der Waals surface area contributed by atoms with Gasteiger partial charge in [-0.05, 0) is 36.5 Å². The third kappa shape index (κ3) is 3.28. The molecular weight excluding hydrogens is 326 g/mol. The molecule has 2 atom stereocenters. The van der Waals surface area contributed by atoms with Crippen LogP contribution in [0.1, 0.15) is 18.4 Å². The Balaban J connectivity index is 1.42. The van der Waals surface area contributed by atoms with Gasteiger partial charge >= 0.3 is 0 Å². The molecule has 1 aromatic carbocycles. The summed E-state index contributed by atoms with van der Waals surface area (Å²) in [6.45, 7) is 3.27. The van der Waals surface area contributed by atoms with Crippen LogP contribution in [0.5, 0.6) is 0 Å². The molecule has 6 heteroatoms. The minimum Gasteiger partial charge on any atom is -0.342 e. The Hall–Kier alpha value is -1.59. The second-order valence-electron chi connectivity index (χ2n) is 7.14. The molecule has 1 N–H and O–H groups in total. The van der Waals surface area contributed by atoms with Crippen LogP contribution < -0.4 is 5.32 Å². The summed E-state index contributed by atoms with van der Waals surface area (Å²) >= 11 is 5.90. The van der Waals surface area contributed by atoms with Crippen LogP contribution in [0.2, 0.25) is 5.02 Å². The number of nitrogens with zero attached hydrogens (tertiary/aromatic N) is 2. The first-order valence-electron chi connectivity index (χ1n) is 8.68. The summed E-state index contributed by atoms with van der Waals surface area (Å²) in [5.41, 5.74) is 1.00. The number of carbonyl (C=O) groups excluding carboxylic acids is 2. The lowest BCUT2D eigenvalue weighted by molar-refractivity contribution is -0.152. The van der Waals surface area contributed by atoms with E-state index in [1.807, 2.05) is 24.3 Å². The summed E-state index contributed by atoms with van der Waals surface area (Å²) in [7, 11) is 0. The highest BCUT2D eigenvalue weighted by molar-refractivity contribution is 6.30. The van der Waals surface area contributed by atoms with E-state index in [9.17, 15) is 9.59 Å². The van der Waals surface area contributed by atoms with Gasteiger partial charge in [0, 0.05) is 37.6 Å². The van der Waals surface area contributed by atoms with E-state index in [-0.39, 0.29) is 17.9 Å². The molecule has 2 amide bonds. The van der Waals surface area contributed by atoms with Crippen molar-refractivity contribution in [2.45, 2.75) is 31.3 Å². The smallest absolute Gasteiger partial charge is 0.246 e. The fourth-order valence-corrected chi connectivity index (χ4v) is 3.81. The van der Waals surface area contributed by atoms with Crippen LogP contribution in [0.4, 0.5) is 0 Å². The number of amides is 2. The number of hydrogen-bond acceptors (Lipinski definition) is 3. The Labute approximate surface area is 146 Å². The summed E-state index contributed by atoms with van der Waals surface area (Å²) in [6.07, 6.45) is 3.12. The zero-order valence-corrected chi connectivity index (χ0v) is 14.3. The Morgan fingerprint density at radius 1 is 1.12 bits per heavy atom. The molecule has 0 spiro atoms. The van der Waals surface area contributed by atoms with Crippen molar-refractivity contribution in [2.24, 2.45) is 5.92 Å². The average Bonchev–Trinajstić information content (AvgIpc) is 3.38. The van der Waals surface area contributed by atoms with E-state index in [0.717, 1.165) is 24.6 Å². The fraction of sp³-hybridized carbons (Fsp3) is 0.556. The van der Waals surface area contributed by atoms with Gasteiger partial charge in [0.1, 0.15) is 12.1 Å². The van der Waals surface area contributed by atoms with E-state index in [4.69, 9.17) is 11.6 Å². The molecule has 2 aliphatic heterocycles. The number of rotatable bonds is 4. The van der Waals surface area contributed by atoms with E-state index in [1.165, 1.54) is 12.8 Å². The van der Waals surface area contributed by atoms with Crippen molar-refractivity contribution in [1.82, 2.24) is 15.1 Å². The van der Waals surface area contributed by atoms with E-state index in [1.54, 1.807) is 4.90 Å². The fourth-order valence-electron chi connectivity index (χ4n) is 3.68. The molecule has 0 bridgehead atoms. The average molecular weight is 348 g/mol. The third-order valence-electron chi connectivity index (χ3n) is 5.23. The Morgan fingerprint density at radius 2 is 1.88 bits per heavy atom. The summed E-state index contributed by atoms with van der Waals surface area (Å²) in [5.74, 6) is 0.825. The van der Waals surface area contributed by atoms with Gasteiger partial charge in [-0.1, -0.05) is 23.7 Å². The molecule has 2 heterocycles. The van der Waals surface area contributed by atoms with Crippen LogP contribution in [0.15, 0.2) is 24.3 Å². The van der Waals surface area contributed by atoms with Crippen molar-refractivity contribution in [2.75, 3.05) is 26.2 Å². The van der Waals surface area contributed by atoms with Crippen molar-refractivity contribution >= 4 is 23.4 Å². The summed E-state index contributed by atoms with van der Waals surface area (Å²) in [6, 6.07) is 6.64. The van der Waals surface area contributed by atoms with Gasteiger partial charge in [-0.2, -0.15) is 0 Å². The number of carbonyl (C=O) groups is 2. The van der Waals surface area contributed by atoms with Gasteiger partial charge in [-0.25, -0.2) is 0 Å². The van der Waals surface area contributed by atoms with Gasteiger partial charge < -0.3 is 10.2 Å². The normalized spacial score (nSPS) is 27.8. The van der Waals surface area contributed by atoms with Crippen molar-refractivity contribution in [3.05, 3.63) is 34.9 Å². The molecule has 5 nitrogen and oxygen atoms in total. The van der Waals surface area contributed by atoms with E-state index in [0.29, 0.717) is 24.5 Å². The molecule has 1 saturated carbocycles. The lowest BCUT2D eigenvalue weighted by Crippen LogP contribution is -2.69. The monoisotopic (exact) mass is 347 g/mol. The minimum absolute atomic E-state index is 0.0194. The third-order valence-corrected chi connectivity index (χ3v) is 5.48. The molecule has 0 aromatic heterocycles. The molecule has 4 rings (SSSR count). The Morgan fingerprint density at radius 3 is 2.58 bits per heavy atom. The highest BCUT2D eigenvalue weighted by Crippen LogP contribution is 2.30. The molecule has 24 heavy (non-hydrogen) atoms. The molecule has 0 unspecified atom stereocenters. The Kier molecular flexibility index (Phi) is 4.22. The number of piperazine rings is 2. The largest absolute Gasteiger partial charge is 0.342 e. The first kappa shape index (κ1) is 15.9. The van der Waals surface area contributed by atoms with Crippen LogP contribution >= 0.6 is 11.6 Å². The van der Waals surface area contributed by atoms with Crippen LogP contribution in [-0.4, -0.2) is 59.9 Å². The van der Waals surface area contributed by atoms with Crippen LogP contribution in [0.3, 0.4) is 0 Å². The predicted molar refractivity (Wildman–Crippen MR) is 91.8 cm³/mol. The summed E-state index contributed by atoms with van der Waals surface area (Å²) in [5, 5.41) is 3.60. The number of hydrogen-bond donors (Lipinski definition) is 1. The van der Waals surface area contributed by atoms with Crippen LogP contribution in [0, 0.1) is 5.92 Å². The number of fused-ring (bicyclic) bond motifs is 1. The minimum atomic E-state index is -0.468. The van der Waals surface area contributed by atoms with Gasteiger partial charge in [0.15, 0.2) is 0 Å². The van der Waals surface area contributed by atoms with Crippen molar-refractivity contribution in [3.8, 4) is 0 Å². The topological polar surface area (TPSA) is 52.7 Å². The van der Waals surface area contributed by atoms with Crippen LogP contribution in [0.25, 0.3) is 0 Å². The number of halogens is 1. The molecular formula is C18H22ClN3O2. The zero-order chi connectivity index (χ0) is 16.7. The maximum Gasteiger partial charge on any atom is 0.246 e. The molecule has 0 radical (unpaired) electrons. The van der Waals surface area contributed by atoms with Crippen molar-refractivity contribution in [3.63, 3.8) is 0 Å². The van der Waals surface area contributed by atoms with Crippen LogP contribution in [-0.2, 0) is 16.0 Å². The SMILES string of the molecule is O=C1N[C@@H](Cc2ccc(Cl)cc2)C(=O)N2CCN(CC3CC3)C[C@H]12. The van der Waals surface area contributed by atoms with Gasteiger partial charge in [-0.15, -0.1) is 0 Å². The van der Waals surface area contributed by atoms with Crippen molar-refractivity contribution in [1.29, 1.82) is 0 Å². The highest BCUT2D eigenvalue weighted by Gasteiger charge is 2.43. The number of nitrogens with one attached hydrogen (secondary N) is 1. The van der Waals surface area contributed by atoms with Gasteiger partial charge in [0.2, 0.25) is 11.8 Å². The van der Waals surface area contributed by atoms with E-state index in [2.05, 4.69) is 10.2 Å². The second kappa shape index (κ2) is 6.37.